The van der Waals surface area contributed by atoms with Crippen molar-refractivity contribution >= 4 is 16.0 Å². The van der Waals surface area contributed by atoms with Gasteiger partial charge < -0.3 is 10.6 Å². The molecule has 0 bridgehead atoms. The van der Waals surface area contributed by atoms with Crippen LogP contribution < -0.4 is 5.73 Å². The second kappa shape index (κ2) is 5.03. The Hall–Kier alpha value is -1.24. The van der Waals surface area contributed by atoms with Gasteiger partial charge in [-0.25, -0.2) is 4.39 Å². The summed E-state index contributed by atoms with van der Waals surface area (Å²) in [7, 11) is -4.56. The lowest BCUT2D eigenvalue weighted by atomic mass is 10.0. The predicted octanol–water partition coefficient (Wildman–Crippen LogP) is -0.557. The van der Waals surface area contributed by atoms with Crippen LogP contribution in [-0.2, 0) is 14.9 Å². The second-order valence-corrected chi connectivity index (χ2v) is 7.03. The van der Waals surface area contributed by atoms with Crippen molar-refractivity contribution < 1.29 is 22.2 Å². The van der Waals surface area contributed by atoms with E-state index >= 15 is 0 Å². The number of rotatable bonds is 3. The van der Waals surface area contributed by atoms with E-state index in [4.69, 9.17) is 15.5 Å². The fourth-order valence-corrected chi connectivity index (χ4v) is 2.21. The molecule has 0 aromatic heterocycles. The van der Waals surface area contributed by atoms with E-state index in [1.165, 1.54) is 0 Å². The van der Waals surface area contributed by atoms with E-state index in [0.29, 0.717) is 0 Å². The number of hydrogen-bond acceptors (Lipinski definition) is 5. The van der Waals surface area contributed by atoms with E-state index < -0.39 is 39.0 Å². The first-order valence-corrected chi connectivity index (χ1v) is 7.03. The number of halogens is 1. The molecule has 3 N–H and O–H groups in total. The topological polar surface area (TPSA) is 124 Å². The molecule has 1 rings (SSSR count). The van der Waals surface area contributed by atoms with Crippen LogP contribution in [0, 0.1) is 11.3 Å². The van der Waals surface area contributed by atoms with Gasteiger partial charge in [0.05, 0.1) is 12.6 Å². The van der Waals surface area contributed by atoms with Crippen LogP contribution in [0.1, 0.15) is 20.3 Å². The maximum Gasteiger partial charge on any atom is 0.272 e. The number of nitriles is 1. The minimum atomic E-state index is -4.56. The maximum absolute atomic E-state index is 13.2. The summed E-state index contributed by atoms with van der Waals surface area (Å²) >= 11 is 0. The van der Waals surface area contributed by atoms with Gasteiger partial charge in [0.15, 0.2) is 0 Å². The summed E-state index contributed by atoms with van der Waals surface area (Å²) in [6, 6.07) is -0.779. The minimum absolute atomic E-state index is 0.124. The number of alkyl halides is 1. The molecular formula is C10H16FN3O4S. The number of nitrogens with zero attached hydrogens (tertiary/aromatic N) is 2. The Morgan fingerprint density at radius 3 is 2.58 bits per heavy atom. The van der Waals surface area contributed by atoms with Gasteiger partial charge in [0.25, 0.3) is 10.1 Å². The van der Waals surface area contributed by atoms with Crippen LogP contribution in [0.4, 0.5) is 4.39 Å². The molecule has 1 saturated heterocycles. The zero-order valence-corrected chi connectivity index (χ0v) is 11.4. The van der Waals surface area contributed by atoms with Crippen molar-refractivity contribution in [1.29, 1.82) is 5.26 Å². The Kier molecular flexibility index (Phi) is 4.19. The molecule has 7 nitrogen and oxygen atoms in total. The monoisotopic (exact) mass is 293 g/mol. The molecule has 0 unspecified atom stereocenters. The second-order valence-electron chi connectivity index (χ2n) is 5.02. The fourth-order valence-electron chi connectivity index (χ4n) is 1.79. The highest BCUT2D eigenvalue weighted by molar-refractivity contribution is 7.87. The van der Waals surface area contributed by atoms with Crippen molar-refractivity contribution in [3.05, 3.63) is 0 Å². The number of carbonyl (C=O) groups excluding carboxylic acids is 1. The first-order valence-electron chi connectivity index (χ1n) is 5.59. The number of likely N-dealkylation sites (tertiary alicyclic amines) is 1. The molecule has 19 heavy (non-hydrogen) atoms. The SMILES string of the molecule is CC(C)([C@H](N)C(=O)N1C[C@@H](F)C[C@H]1C#N)S(=O)(=O)O. The van der Waals surface area contributed by atoms with Crippen molar-refractivity contribution in [2.75, 3.05) is 6.54 Å². The lowest BCUT2D eigenvalue weighted by Crippen LogP contribution is -2.58. The van der Waals surface area contributed by atoms with Crippen molar-refractivity contribution in [2.45, 2.75) is 43.3 Å². The highest BCUT2D eigenvalue weighted by atomic mass is 32.2. The van der Waals surface area contributed by atoms with Crippen LogP contribution in [0.3, 0.4) is 0 Å². The number of nitrogens with two attached hydrogens (primary N) is 1. The molecule has 1 fully saturated rings. The molecule has 1 aliphatic heterocycles. The Balaban J connectivity index is 2.99. The van der Waals surface area contributed by atoms with Crippen LogP contribution >= 0.6 is 0 Å². The Morgan fingerprint density at radius 2 is 2.16 bits per heavy atom. The van der Waals surface area contributed by atoms with E-state index in [1.54, 1.807) is 6.07 Å². The zero-order chi connectivity index (χ0) is 15.0. The summed E-state index contributed by atoms with van der Waals surface area (Å²) < 4.78 is 42.7. The van der Waals surface area contributed by atoms with Crippen LogP contribution in [-0.4, -0.2) is 53.3 Å². The third-order valence-corrected chi connectivity index (χ3v) is 4.95. The van der Waals surface area contributed by atoms with Gasteiger partial charge in [-0.15, -0.1) is 0 Å². The van der Waals surface area contributed by atoms with Crippen molar-refractivity contribution in [3.8, 4) is 6.07 Å². The molecule has 0 spiro atoms. The van der Waals surface area contributed by atoms with E-state index in [-0.39, 0.29) is 13.0 Å². The van der Waals surface area contributed by atoms with Gasteiger partial charge in [-0.2, -0.15) is 13.7 Å². The van der Waals surface area contributed by atoms with E-state index in [9.17, 15) is 17.6 Å². The molecule has 1 amide bonds. The normalized spacial score (nSPS) is 26.0. The molecule has 0 aromatic rings. The summed E-state index contributed by atoms with van der Waals surface area (Å²) in [6.07, 6.45) is -1.46. The maximum atomic E-state index is 13.2. The zero-order valence-electron chi connectivity index (χ0n) is 10.6. The van der Waals surface area contributed by atoms with Crippen LogP contribution in [0.5, 0.6) is 0 Å². The van der Waals surface area contributed by atoms with Gasteiger partial charge in [-0.3, -0.25) is 9.35 Å². The van der Waals surface area contributed by atoms with E-state index in [2.05, 4.69) is 0 Å². The standard InChI is InChI=1S/C10H16FN3O4S/c1-10(2,19(16,17)18)8(13)9(15)14-5-6(11)3-7(14)4-12/h6-8H,3,5,13H2,1-2H3,(H,16,17,18)/t6-,7-,8+/m0/s1. The molecule has 1 aliphatic rings. The molecule has 1 heterocycles. The largest absolute Gasteiger partial charge is 0.322 e. The average molecular weight is 293 g/mol. The number of amides is 1. The highest BCUT2D eigenvalue weighted by Crippen LogP contribution is 2.25. The van der Waals surface area contributed by atoms with Gasteiger partial charge in [0.2, 0.25) is 5.91 Å². The molecule has 108 valence electrons. The third-order valence-electron chi connectivity index (χ3n) is 3.36. The molecule has 9 heteroatoms. The van der Waals surface area contributed by atoms with Crippen molar-refractivity contribution in [1.82, 2.24) is 4.90 Å². The molecule has 0 saturated carbocycles. The van der Waals surface area contributed by atoms with Gasteiger partial charge >= 0.3 is 0 Å². The minimum Gasteiger partial charge on any atom is -0.322 e. The number of carbonyl (C=O) groups is 1. The quantitative estimate of drug-likeness (QED) is 0.672. The fraction of sp³-hybridized carbons (Fsp3) is 0.800. The van der Waals surface area contributed by atoms with Crippen LogP contribution in [0.2, 0.25) is 0 Å². The third kappa shape index (κ3) is 2.86. The molecule has 0 aliphatic carbocycles. The van der Waals surface area contributed by atoms with Crippen molar-refractivity contribution in [3.63, 3.8) is 0 Å². The van der Waals surface area contributed by atoms with Gasteiger partial charge in [0, 0.05) is 6.42 Å². The lowest BCUT2D eigenvalue weighted by Gasteiger charge is -2.31. The first-order chi connectivity index (χ1) is 8.52. The summed E-state index contributed by atoms with van der Waals surface area (Å²) in [5, 5.41) is 8.83. The van der Waals surface area contributed by atoms with Crippen LogP contribution in [0.15, 0.2) is 0 Å². The summed E-state index contributed by atoms with van der Waals surface area (Å²) in [4.78, 5) is 13.0. The predicted molar refractivity (Wildman–Crippen MR) is 64.2 cm³/mol. The Bertz CT molecular complexity index is 513. The van der Waals surface area contributed by atoms with E-state index in [1.807, 2.05) is 0 Å². The van der Waals surface area contributed by atoms with Gasteiger partial charge in [0.1, 0.15) is 23.0 Å². The summed E-state index contributed by atoms with van der Waals surface area (Å²) in [6.45, 7) is 1.89. The summed E-state index contributed by atoms with van der Waals surface area (Å²) in [5.74, 6) is -0.866. The van der Waals surface area contributed by atoms with Crippen molar-refractivity contribution in [2.24, 2.45) is 5.73 Å². The Labute approximate surface area is 110 Å². The van der Waals surface area contributed by atoms with Crippen LogP contribution in [0.25, 0.3) is 0 Å². The van der Waals surface area contributed by atoms with E-state index in [0.717, 1.165) is 18.7 Å². The highest BCUT2D eigenvalue weighted by Gasteiger charge is 2.47. The molecule has 0 radical (unpaired) electrons. The van der Waals surface area contributed by atoms with Gasteiger partial charge in [-0.05, 0) is 13.8 Å². The summed E-state index contributed by atoms with van der Waals surface area (Å²) in [5.41, 5.74) is 5.56. The lowest BCUT2D eigenvalue weighted by molar-refractivity contribution is -0.133. The molecular weight excluding hydrogens is 277 g/mol. The smallest absolute Gasteiger partial charge is 0.272 e. The molecule has 3 atom stereocenters. The average Bonchev–Trinajstić information content (AvgIpc) is 2.66. The Morgan fingerprint density at radius 1 is 1.63 bits per heavy atom. The van der Waals surface area contributed by atoms with Gasteiger partial charge in [-0.1, -0.05) is 0 Å². The first kappa shape index (κ1) is 15.8. The molecule has 0 aromatic carbocycles. The number of hydrogen-bond donors (Lipinski definition) is 2.